The van der Waals surface area contributed by atoms with Gasteiger partial charge in [-0.25, -0.2) is 0 Å². The van der Waals surface area contributed by atoms with Crippen LogP contribution in [0.2, 0.25) is 0 Å². The first-order valence-electron chi connectivity index (χ1n) is 6.04. The predicted molar refractivity (Wildman–Crippen MR) is 75.1 cm³/mol. The van der Waals surface area contributed by atoms with E-state index in [0.717, 1.165) is 6.42 Å². The lowest BCUT2D eigenvalue weighted by Gasteiger charge is -2.10. The second-order valence-corrected chi connectivity index (χ2v) is 4.75. The molecule has 0 aliphatic carbocycles. The SMILES string of the molecule is CC(C)=CC(N)Cc1cccc2ccccc12. The van der Waals surface area contributed by atoms with E-state index in [0.29, 0.717) is 0 Å². The van der Waals surface area contributed by atoms with Gasteiger partial charge in [0.1, 0.15) is 0 Å². The number of fused-ring (bicyclic) bond motifs is 1. The van der Waals surface area contributed by atoms with Gasteiger partial charge < -0.3 is 5.73 Å². The molecule has 0 aliphatic rings. The molecule has 1 atom stereocenters. The topological polar surface area (TPSA) is 26.0 Å². The molecule has 0 heterocycles. The third-order valence-electron chi connectivity index (χ3n) is 2.88. The van der Waals surface area contributed by atoms with Gasteiger partial charge in [0.25, 0.3) is 0 Å². The number of rotatable bonds is 3. The highest BCUT2D eigenvalue weighted by Gasteiger charge is 2.04. The van der Waals surface area contributed by atoms with Crippen LogP contribution in [0.1, 0.15) is 19.4 Å². The fourth-order valence-corrected chi connectivity index (χ4v) is 2.21. The Kier molecular flexibility index (Phi) is 3.60. The Labute approximate surface area is 103 Å². The van der Waals surface area contributed by atoms with Crippen LogP contribution in [0.25, 0.3) is 10.8 Å². The Morgan fingerprint density at radius 1 is 1.12 bits per heavy atom. The minimum atomic E-state index is 0.103. The third-order valence-corrected chi connectivity index (χ3v) is 2.88. The van der Waals surface area contributed by atoms with Crippen LogP contribution in [-0.2, 0) is 6.42 Å². The van der Waals surface area contributed by atoms with Crippen LogP contribution < -0.4 is 5.73 Å². The quantitative estimate of drug-likeness (QED) is 0.792. The zero-order valence-corrected chi connectivity index (χ0v) is 10.5. The van der Waals surface area contributed by atoms with Gasteiger partial charge in [-0.15, -0.1) is 0 Å². The van der Waals surface area contributed by atoms with Crippen molar-refractivity contribution in [3.63, 3.8) is 0 Å². The van der Waals surface area contributed by atoms with E-state index in [1.165, 1.54) is 21.9 Å². The second kappa shape index (κ2) is 5.15. The Morgan fingerprint density at radius 2 is 1.82 bits per heavy atom. The van der Waals surface area contributed by atoms with Gasteiger partial charge in [-0.05, 0) is 36.6 Å². The van der Waals surface area contributed by atoms with Crippen molar-refractivity contribution in [2.24, 2.45) is 5.73 Å². The van der Waals surface area contributed by atoms with Crippen LogP contribution in [0.15, 0.2) is 54.1 Å². The van der Waals surface area contributed by atoms with Gasteiger partial charge >= 0.3 is 0 Å². The zero-order chi connectivity index (χ0) is 12.3. The molecule has 0 fully saturated rings. The maximum Gasteiger partial charge on any atom is 0.0267 e. The van der Waals surface area contributed by atoms with Gasteiger partial charge in [-0.1, -0.05) is 54.1 Å². The molecular formula is C16H19N. The maximum absolute atomic E-state index is 6.12. The molecule has 2 aromatic carbocycles. The molecule has 2 N–H and O–H groups in total. The van der Waals surface area contributed by atoms with Crippen molar-refractivity contribution in [2.45, 2.75) is 26.3 Å². The molecule has 2 rings (SSSR count). The van der Waals surface area contributed by atoms with E-state index in [1.54, 1.807) is 0 Å². The number of allylic oxidation sites excluding steroid dienone is 1. The first-order valence-corrected chi connectivity index (χ1v) is 6.04. The van der Waals surface area contributed by atoms with E-state index in [9.17, 15) is 0 Å². The molecule has 0 bridgehead atoms. The summed E-state index contributed by atoms with van der Waals surface area (Å²) in [5.41, 5.74) is 8.72. The Balaban J connectivity index is 2.33. The Bertz CT molecular complexity index is 531. The third kappa shape index (κ3) is 2.95. The lowest BCUT2D eigenvalue weighted by molar-refractivity contribution is 0.807. The first-order chi connectivity index (χ1) is 8.16. The summed E-state index contributed by atoms with van der Waals surface area (Å²) >= 11 is 0. The molecule has 0 saturated carbocycles. The van der Waals surface area contributed by atoms with E-state index >= 15 is 0 Å². The lowest BCUT2D eigenvalue weighted by Crippen LogP contribution is -2.20. The zero-order valence-electron chi connectivity index (χ0n) is 10.5. The first kappa shape index (κ1) is 11.9. The predicted octanol–water partition coefficient (Wildman–Crippen LogP) is 3.68. The van der Waals surface area contributed by atoms with Crippen molar-refractivity contribution in [1.29, 1.82) is 0 Å². The molecule has 0 radical (unpaired) electrons. The molecule has 0 aromatic heterocycles. The molecule has 0 spiro atoms. The van der Waals surface area contributed by atoms with E-state index in [-0.39, 0.29) is 6.04 Å². The summed E-state index contributed by atoms with van der Waals surface area (Å²) in [7, 11) is 0. The van der Waals surface area contributed by atoms with Crippen LogP contribution in [0.3, 0.4) is 0 Å². The van der Waals surface area contributed by atoms with Crippen LogP contribution in [-0.4, -0.2) is 6.04 Å². The second-order valence-electron chi connectivity index (χ2n) is 4.75. The van der Waals surface area contributed by atoms with E-state index in [4.69, 9.17) is 5.73 Å². The standard InChI is InChI=1S/C16H19N/c1-12(2)10-15(17)11-14-8-5-7-13-6-3-4-9-16(13)14/h3-10,15H,11,17H2,1-2H3. The number of hydrogen-bond donors (Lipinski definition) is 1. The minimum Gasteiger partial charge on any atom is -0.324 e. The lowest BCUT2D eigenvalue weighted by atomic mass is 9.98. The number of hydrogen-bond acceptors (Lipinski definition) is 1. The Hall–Kier alpha value is -1.60. The van der Waals surface area contributed by atoms with E-state index < -0.39 is 0 Å². The molecule has 1 nitrogen and oxygen atoms in total. The van der Waals surface area contributed by atoms with Gasteiger partial charge in [0.2, 0.25) is 0 Å². The van der Waals surface area contributed by atoms with Gasteiger partial charge in [0.15, 0.2) is 0 Å². The van der Waals surface area contributed by atoms with E-state index in [2.05, 4.69) is 62.4 Å². The molecule has 1 unspecified atom stereocenters. The van der Waals surface area contributed by atoms with Crippen molar-refractivity contribution in [3.05, 3.63) is 59.7 Å². The van der Waals surface area contributed by atoms with Gasteiger partial charge in [0.05, 0.1) is 0 Å². The average molecular weight is 225 g/mol. The normalized spacial score (nSPS) is 12.4. The van der Waals surface area contributed by atoms with E-state index in [1.807, 2.05) is 0 Å². The number of nitrogens with two attached hydrogens (primary N) is 1. The molecule has 2 aromatic rings. The van der Waals surface area contributed by atoms with Gasteiger partial charge in [-0.3, -0.25) is 0 Å². The highest BCUT2D eigenvalue weighted by Crippen LogP contribution is 2.19. The summed E-state index contributed by atoms with van der Waals surface area (Å²) in [6.07, 6.45) is 3.02. The summed E-state index contributed by atoms with van der Waals surface area (Å²) < 4.78 is 0. The molecule has 1 heteroatoms. The maximum atomic E-state index is 6.12. The fourth-order valence-electron chi connectivity index (χ4n) is 2.21. The van der Waals surface area contributed by atoms with Crippen molar-refractivity contribution in [2.75, 3.05) is 0 Å². The molecular weight excluding hydrogens is 206 g/mol. The molecule has 0 amide bonds. The monoisotopic (exact) mass is 225 g/mol. The highest BCUT2D eigenvalue weighted by molar-refractivity contribution is 5.85. The smallest absolute Gasteiger partial charge is 0.0267 e. The summed E-state index contributed by atoms with van der Waals surface area (Å²) in [5, 5.41) is 2.60. The highest BCUT2D eigenvalue weighted by atomic mass is 14.6. The average Bonchev–Trinajstić information content (AvgIpc) is 2.28. The van der Waals surface area contributed by atoms with Crippen molar-refractivity contribution >= 4 is 10.8 Å². The largest absolute Gasteiger partial charge is 0.324 e. The van der Waals surface area contributed by atoms with Crippen molar-refractivity contribution < 1.29 is 0 Å². The van der Waals surface area contributed by atoms with Gasteiger partial charge in [0, 0.05) is 6.04 Å². The van der Waals surface area contributed by atoms with Crippen LogP contribution in [0, 0.1) is 0 Å². The van der Waals surface area contributed by atoms with Gasteiger partial charge in [-0.2, -0.15) is 0 Å². The molecule has 17 heavy (non-hydrogen) atoms. The van der Waals surface area contributed by atoms with Crippen molar-refractivity contribution in [3.8, 4) is 0 Å². The molecule has 0 aliphatic heterocycles. The number of benzene rings is 2. The summed E-state index contributed by atoms with van der Waals surface area (Å²) in [4.78, 5) is 0. The fraction of sp³-hybridized carbons (Fsp3) is 0.250. The summed E-state index contributed by atoms with van der Waals surface area (Å²) in [5.74, 6) is 0. The molecule has 0 saturated heterocycles. The molecule has 88 valence electrons. The van der Waals surface area contributed by atoms with Crippen LogP contribution >= 0.6 is 0 Å². The van der Waals surface area contributed by atoms with Crippen molar-refractivity contribution in [1.82, 2.24) is 0 Å². The summed E-state index contributed by atoms with van der Waals surface area (Å²) in [6, 6.07) is 15.0. The minimum absolute atomic E-state index is 0.103. The Morgan fingerprint density at radius 3 is 2.59 bits per heavy atom. The summed E-state index contributed by atoms with van der Waals surface area (Å²) in [6.45, 7) is 4.17. The van der Waals surface area contributed by atoms with Crippen LogP contribution in [0.5, 0.6) is 0 Å². The van der Waals surface area contributed by atoms with Crippen LogP contribution in [0.4, 0.5) is 0 Å².